The van der Waals surface area contributed by atoms with Crippen molar-refractivity contribution in [3.8, 4) is 0 Å². The second kappa shape index (κ2) is 6.48. The van der Waals surface area contributed by atoms with Gasteiger partial charge in [-0.05, 0) is 6.42 Å². The van der Waals surface area contributed by atoms with Crippen LogP contribution in [0.1, 0.15) is 26.2 Å². The summed E-state index contributed by atoms with van der Waals surface area (Å²) in [6.07, 6.45) is 3.34. The first-order valence-corrected chi connectivity index (χ1v) is 5.90. The highest BCUT2D eigenvalue weighted by atomic mass is 16.2. The SMILES string of the molecule is CCCCCN(C)C(=O)C1CNC(=O)CN1. The monoisotopic (exact) mass is 227 g/mol. The molecule has 16 heavy (non-hydrogen) atoms. The molecule has 0 saturated carbocycles. The number of unbranched alkanes of at least 4 members (excludes halogenated alkanes) is 2. The van der Waals surface area contributed by atoms with Crippen LogP contribution in [0, 0.1) is 0 Å². The average Bonchev–Trinajstić information content (AvgIpc) is 2.29. The highest BCUT2D eigenvalue weighted by Gasteiger charge is 2.25. The Kier molecular flexibility index (Phi) is 5.25. The van der Waals surface area contributed by atoms with Crippen molar-refractivity contribution < 1.29 is 9.59 Å². The maximum atomic E-state index is 11.9. The van der Waals surface area contributed by atoms with Gasteiger partial charge in [-0.3, -0.25) is 14.9 Å². The number of amides is 2. The number of carbonyl (C=O) groups is 2. The molecule has 2 amide bonds. The molecule has 1 rings (SSSR count). The second-order valence-corrected chi connectivity index (χ2v) is 4.20. The van der Waals surface area contributed by atoms with Crippen LogP contribution in [-0.4, -0.2) is 49.4 Å². The van der Waals surface area contributed by atoms with Crippen LogP contribution in [-0.2, 0) is 9.59 Å². The first kappa shape index (κ1) is 13.0. The lowest BCUT2D eigenvalue weighted by atomic mass is 10.2. The average molecular weight is 227 g/mol. The molecule has 0 radical (unpaired) electrons. The van der Waals surface area contributed by atoms with E-state index in [0.717, 1.165) is 25.8 Å². The number of hydrogen-bond acceptors (Lipinski definition) is 3. The van der Waals surface area contributed by atoms with Gasteiger partial charge in [-0.1, -0.05) is 19.8 Å². The summed E-state index contributed by atoms with van der Waals surface area (Å²) >= 11 is 0. The van der Waals surface area contributed by atoms with Crippen LogP contribution in [0.2, 0.25) is 0 Å². The summed E-state index contributed by atoms with van der Waals surface area (Å²) in [6, 6.07) is -0.260. The molecule has 0 aliphatic carbocycles. The van der Waals surface area contributed by atoms with Crippen LogP contribution in [0.5, 0.6) is 0 Å². The molecule has 1 aliphatic rings. The van der Waals surface area contributed by atoms with E-state index in [-0.39, 0.29) is 24.4 Å². The number of nitrogens with zero attached hydrogens (tertiary/aromatic N) is 1. The van der Waals surface area contributed by atoms with E-state index in [9.17, 15) is 9.59 Å². The lowest BCUT2D eigenvalue weighted by Gasteiger charge is -2.27. The molecular weight excluding hydrogens is 206 g/mol. The van der Waals surface area contributed by atoms with Crippen molar-refractivity contribution in [3.63, 3.8) is 0 Å². The quantitative estimate of drug-likeness (QED) is 0.635. The zero-order chi connectivity index (χ0) is 12.0. The van der Waals surface area contributed by atoms with Gasteiger partial charge in [-0.15, -0.1) is 0 Å². The van der Waals surface area contributed by atoms with Crippen LogP contribution in [0.25, 0.3) is 0 Å². The summed E-state index contributed by atoms with van der Waals surface area (Å²) in [7, 11) is 1.82. The molecule has 0 aromatic carbocycles. The van der Waals surface area contributed by atoms with E-state index in [4.69, 9.17) is 0 Å². The fraction of sp³-hybridized carbons (Fsp3) is 0.818. The van der Waals surface area contributed by atoms with Crippen molar-refractivity contribution >= 4 is 11.8 Å². The number of carbonyl (C=O) groups excluding carboxylic acids is 2. The van der Waals surface area contributed by atoms with Crippen molar-refractivity contribution in [2.24, 2.45) is 0 Å². The number of hydrogen-bond donors (Lipinski definition) is 2. The minimum absolute atomic E-state index is 0.0438. The summed E-state index contributed by atoms with van der Waals surface area (Å²) in [5.41, 5.74) is 0. The molecule has 5 nitrogen and oxygen atoms in total. The summed E-state index contributed by atoms with van der Waals surface area (Å²) in [5.74, 6) is 0.0220. The van der Waals surface area contributed by atoms with Crippen LogP contribution in [0.15, 0.2) is 0 Å². The lowest BCUT2D eigenvalue weighted by Crippen LogP contribution is -2.58. The Hall–Kier alpha value is -1.10. The van der Waals surface area contributed by atoms with Crippen LogP contribution < -0.4 is 10.6 Å². The zero-order valence-corrected chi connectivity index (χ0v) is 10.1. The number of nitrogens with one attached hydrogen (secondary N) is 2. The summed E-state index contributed by atoms with van der Waals surface area (Å²) < 4.78 is 0. The molecule has 0 aromatic heterocycles. The lowest BCUT2D eigenvalue weighted by molar-refractivity contribution is -0.133. The van der Waals surface area contributed by atoms with Crippen molar-refractivity contribution in [2.75, 3.05) is 26.7 Å². The minimum atomic E-state index is -0.260. The zero-order valence-electron chi connectivity index (χ0n) is 10.1. The fourth-order valence-corrected chi connectivity index (χ4v) is 1.72. The van der Waals surface area contributed by atoms with E-state index in [1.807, 2.05) is 7.05 Å². The van der Waals surface area contributed by atoms with E-state index in [2.05, 4.69) is 17.6 Å². The predicted molar refractivity (Wildman–Crippen MR) is 62.0 cm³/mol. The molecule has 2 N–H and O–H groups in total. The topological polar surface area (TPSA) is 61.4 Å². The van der Waals surface area contributed by atoms with Gasteiger partial charge in [0.05, 0.1) is 6.54 Å². The van der Waals surface area contributed by atoms with E-state index >= 15 is 0 Å². The summed E-state index contributed by atoms with van der Waals surface area (Å²) in [5, 5.41) is 5.62. The molecule has 1 atom stereocenters. The molecule has 1 heterocycles. The smallest absolute Gasteiger partial charge is 0.241 e. The van der Waals surface area contributed by atoms with Gasteiger partial charge < -0.3 is 10.2 Å². The van der Waals surface area contributed by atoms with Gasteiger partial charge >= 0.3 is 0 Å². The van der Waals surface area contributed by atoms with Gasteiger partial charge in [0, 0.05) is 20.1 Å². The molecular formula is C11H21N3O2. The van der Waals surface area contributed by atoms with E-state index in [1.165, 1.54) is 0 Å². The van der Waals surface area contributed by atoms with Gasteiger partial charge in [0.2, 0.25) is 11.8 Å². The molecule has 0 spiro atoms. The van der Waals surface area contributed by atoms with E-state index < -0.39 is 0 Å². The molecule has 1 fully saturated rings. The van der Waals surface area contributed by atoms with E-state index in [1.54, 1.807) is 4.90 Å². The van der Waals surface area contributed by atoms with E-state index in [0.29, 0.717) is 6.54 Å². The fourth-order valence-electron chi connectivity index (χ4n) is 1.72. The van der Waals surface area contributed by atoms with Crippen LogP contribution in [0.3, 0.4) is 0 Å². The molecule has 92 valence electrons. The van der Waals surface area contributed by atoms with Gasteiger partial charge in [0.1, 0.15) is 6.04 Å². The standard InChI is InChI=1S/C11H21N3O2/c1-3-4-5-6-14(2)11(16)9-7-13-10(15)8-12-9/h9,12H,3-8H2,1-2H3,(H,13,15). The van der Waals surface area contributed by atoms with Crippen molar-refractivity contribution in [2.45, 2.75) is 32.2 Å². The Morgan fingerprint density at radius 3 is 2.81 bits per heavy atom. The molecule has 5 heteroatoms. The van der Waals surface area contributed by atoms with Gasteiger partial charge in [-0.2, -0.15) is 0 Å². The first-order valence-electron chi connectivity index (χ1n) is 5.90. The van der Waals surface area contributed by atoms with Crippen molar-refractivity contribution in [3.05, 3.63) is 0 Å². The van der Waals surface area contributed by atoms with Crippen LogP contribution >= 0.6 is 0 Å². The highest BCUT2D eigenvalue weighted by Crippen LogP contribution is 2.00. The maximum Gasteiger partial charge on any atom is 0.241 e. The van der Waals surface area contributed by atoms with Gasteiger partial charge in [0.25, 0.3) is 0 Å². The molecule has 1 saturated heterocycles. The Labute approximate surface area is 96.6 Å². The Balaban J connectivity index is 2.29. The third kappa shape index (κ3) is 3.81. The van der Waals surface area contributed by atoms with Crippen molar-refractivity contribution in [1.82, 2.24) is 15.5 Å². The summed E-state index contributed by atoms with van der Waals surface area (Å²) in [4.78, 5) is 24.6. The summed E-state index contributed by atoms with van der Waals surface area (Å²) in [6.45, 7) is 3.56. The van der Waals surface area contributed by atoms with Gasteiger partial charge in [-0.25, -0.2) is 0 Å². The predicted octanol–water partition coefficient (Wildman–Crippen LogP) is -0.277. The first-order chi connectivity index (χ1) is 7.65. The Bertz CT molecular complexity index is 246. The molecule has 1 unspecified atom stereocenters. The largest absolute Gasteiger partial charge is 0.353 e. The highest BCUT2D eigenvalue weighted by molar-refractivity contribution is 5.86. The number of likely N-dealkylation sites (N-methyl/N-ethyl adjacent to an activating group) is 1. The number of piperazine rings is 1. The molecule has 1 aliphatic heterocycles. The number of rotatable bonds is 5. The Morgan fingerprint density at radius 1 is 1.50 bits per heavy atom. The second-order valence-electron chi connectivity index (χ2n) is 4.20. The normalized spacial score (nSPS) is 20.4. The molecule has 0 bridgehead atoms. The molecule has 0 aromatic rings. The maximum absolute atomic E-state index is 11.9. The Morgan fingerprint density at radius 2 is 2.25 bits per heavy atom. The van der Waals surface area contributed by atoms with Crippen LogP contribution in [0.4, 0.5) is 0 Å². The third-order valence-electron chi connectivity index (χ3n) is 2.78. The third-order valence-corrected chi connectivity index (χ3v) is 2.78. The van der Waals surface area contributed by atoms with Crippen molar-refractivity contribution in [1.29, 1.82) is 0 Å². The minimum Gasteiger partial charge on any atom is -0.353 e. The van der Waals surface area contributed by atoms with Gasteiger partial charge in [0.15, 0.2) is 0 Å².